The maximum atomic E-state index is 12.1. The van der Waals surface area contributed by atoms with Gasteiger partial charge in [-0.15, -0.1) is 0 Å². The summed E-state index contributed by atoms with van der Waals surface area (Å²) in [6, 6.07) is 5.48. The molecule has 0 aromatic heterocycles. The Morgan fingerprint density at radius 1 is 1.44 bits per heavy atom. The number of amides is 1. The van der Waals surface area contributed by atoms with E-state index in [1.165, 1.54) is 0 Å². The average Bonchev–Trinajstić information content (AvgIpc) is 2.32. The zero-order valence-corrected chi connectivity index (χ0v) is 12.3. The first-order chi connectivity index (χ1) is 8.56. The summed E-state index contributed by atoms with van der Waals surface area (Å²) >= 11 is 9.25. The van der Waals surface area contributed by atoms with Crippen LogP contribution in [0, 0.1) is 5.92 Å². The minimum Gasteiger partial charge on any atom is -0.328 e. The van der Waals surface area contributed by atoms with Gasteiger partial charge in [0.15, 0.2) is 0 Å². The van der Waals surface area contributed by atoms with E-state index in [1.54, 1.807) is 18.2 Å². The predicted molar refractivity (Wildman–Crippen MR) is 77.7 cm³/mol. The fourth-order valence-electron chi connectivity index (χ4n) is 2.29. The maximum Gasteiger partial charge on any atom is 0.227 e. The minimum atomic E-state index is 0.0244. The van der Waals surface area contributed by atoms with Crippen LogP contribution < -0.4 is 11.1 Å². The summed E-state index contributed by atoms with van der Waals surface area (Å²) in [6.45, 7) is 0. The van der Waals surface area contributed by atoms with Crippen molar-refractivity contribution < 1.29 is 4.79 Å². The van der Waals surface area contributed by atoms with Crippen molar-refractivity contribution in [2.45, 2.75) is 31.7 Å². The van der Waals surface area contributed by atoms with Crippen molar-refractivity contribution in [3.63, 3.8) is 0 Å². The van der Waals surface area contributed by atoms with E-state index >= 15 is 0 Å². The van der Waals surface area contributed by atoms with E-state index < -0.39 is 0 Å². The molecule has 0 radical (unpaired) electrons. The second-order valence-electron chi connectivity index (χ2n) is 4.74. The van der Waals surface area contributed by atoms with E-state index in [-0.39, 0.29) is 17.9 Å². The number of benzene rings is 1. The molecule has 5 heteroatoms. The first-order valence-electron chi connectivity index (χ1n) is 6.08. The molecule has 98 valence electrons. The van der Waals surface area contributed by atoms with E-state index in [9.17, 15) is 4.79 Å². The van der Waals surface area contributed by atoms with Crippen molar-refractivity contribution in [3.8, 4) is 0 Å². The second-order valence-corrected chi connectivity index (χ2v) is 6.03. The molecule has 1 amide bonds. The Labute approximate surface area is 120 Å². The third-order valence-corrected chi connectivity index (χ3v) is 4.17. The fraction of sp³-hybridized carbons (Fsp3) is 0.462. The number of rotatable bonds is 2. The monoisotopic (exact) mass is 330 g/mol. The summed E-state index contributed by atoms with van der Waals surface area (Å²) in [5.41, 5.74) is 6.65. The van der Waals surface area contributed by atoms with Gasteiger partial charge >= 0.3 is 0 Å². The van der Waals surface area contributed by atoms with E-state index in [1.807, 2.05) is 0 Å². The Morgan fingerprint density at radius 2 is 2.22 bits per heavy atom. The van der Waals surface area contributed by atoms with Crippen molar-refractivity contribution in [1.82, 2.24) is 0 Å². The van der Waals surface area contributed by atoms with Gasteiger partial charge in [0.25, 0.3) is 0 Å². The predicted octanol–water partition coefficient (Wildman–Crippen LogP) is 3.56. The normalized spacial score (nSPS) is 23.7. The Kier molecular flexibility index (Phi) is 4.65. The molecule has 18 heavy (non-hydrogen) atoms. The molecule has 2 atom stereocenters. The van der Waals surface area contributed by atoms with Gasteiger partial charge in [-0.2, -0.15) is 0 Å². The molecule has 0 aliphatic heterocycles. The molecular formula is C13H16BrClN2O. The average molecular weight is 332 g/mol. The van der Waals surface area contributed by atoms with Crippen LogP contribution in [0.15, 0.2) is 22.7 Å². The van der Waals surface area contributed by atoms with Crippen LogP contribution in [-0.2, 0) is 4.79 Å². The van der Waals surface area contributed by atoms with Crippen LogP contribution in [0.3, 0.4) is 0 Å². The van der Waals surface area contributed by atoms with Crippen LogP contribution in [0.1, 0.15) is 25.7 Å². The molecule has 3 N–H and O–H groups in total. The number of anilines is 1. The van der Waals surface area contributed by atoms with Crippen molar-refractivity contribution in [1.29, 1.82) is 0 Å². The molecule has 0 spiro atoms. The van der Waals surface area contributed by atoms with Gasteiger partial charge in [0, 0.05) is 21.5 Å². The third-order valence-electron chi connectivity index (χ3n) is 3.27. The van der Waals surface area contributed by atoms with Gasteiger partial charge < -0.3 is 11.1 Å². The molecule has 1 aliphatic rings. The summed E-state index contributed by atoms with van der Waals surface area (Å²) in [7, 11) is 0. The molecule has 0 saturated heterocycles. The van der Waals surface area contributed by atoms with Crippen molar-refractivity contribution >= 4 is 39.1 Å². The van der Waals surface area contributed by atoms with E-state index in [0.29, 0.717) is 5.02 Å². The van der Waals surface area contributed by atoms with Gasteiger partial charge in [-0.05, 0) is 53.4 Å². The zero-order chi connectivity index (χ0) is 13.1. The molecule has 1 fully saturated rings. The van der Waals surface area contributed by atoms with Gasteiger partial charge in [0.05, 0.1) is 5.69 Å². The van der Waals surface area contributed by atoms with Crippen molar-refractivity contribution in [2.75, 3.05) is 5.32 Å². The van der Waals surface area contributed by atoms with Crippen molar-refractivity contribution in [3.05, 3.63) is 27.7 Å². The number of hydrogen-bond donors (Lipinski definition) is 2. The van der Waals surface area contributed by atoms with Crippen LogP contribution >= 0.6 is 27.5 Å². The Morgan fingerprint density at radius 3 is 2.89 bits per heavy atom. The quantitative estimate of drug-likeness (QED) is 0.870. The molecule has 1 saturated carbocycles. The molecule has 1 aromatic carbocycles. The molecule has 3 nitrogen and oxygen atoms in total. The number of nitrogens with two attached hydrogens (primary N) is 1. The molecule has 1 aliphatic carbocycles. The lowest BCUT2D eigenvalue weighted by atomic mass is 9.85. The van der Waals surface area contributed by atoms with Crippen LogP contribution in [0.25, 0.3) is 0 Å². The van der Waals surface area contributed by atoms with Gasteiger partial charge in [0.2, 0.25) is 5.91 Å². The number of carbonyl (C=O) groups is 1. The summed E-state index contributed by atoms with van der Waals surface area (Å²) in [5.74, 6) is 0.0736. The minimum absolute atomic E-state index is 0.0244. The zero-order valence-electron chi connectivity index (χ0n) is 9.96. The number of halogens is 2. The second kappa shape index (κ2) is 6.04. The largest absolute Gasteiger partial charge is 0.328 e. The smallest absolute Gasteiger partial charge is 0.227 e. The Bertz CT molecular complexity index is 453. The number of hydrogen-bond acceptors (Lipinski definition) is 2. The van der Waals surface area contributed by atoms with Crippen LogP contribution in [0.5, 0.6) is 0 Å². The first kappa shape index (κ1) is 13.8. The molecule has 1 aromatic rings. The topological polar surface area (TPSA) is 55.1 Å². The highest BCUT2D eigenvalue weighted by atomic mass is 79.9. The summed E-state index contributed by atoms with van der Waals surface area (Å²) in [6.07, 6.45) is 3.75. The maximum absolute atomic E-state index is 12.1. The lowest BCUT2D eigenvalue weighted by Gasteiger charge is -2.25. The van der Waals surface area contributed by atoms with Gasteiger partial charge in [-0.3, -0.25) is 4.79 Å². The molecular weight excluding hydrogens is 316 g/mol. The third kappa shape index (κ3) is 3.46. The lowest BCUT2D eigenvalue weighted by Crippen LogP contribution is -2.34. The van der Waals surface area contributed by atoms with E-state index in [4.69, 9.17) is 17.3 Å². The molecule has 2 rings (SSSR count). The van der Waals surface area contributed by atoms with Gasteiger partial charge in [-0.25, -0.2) is 0 Å². The van der Waals surface area contributed by atoms with Crippen molar-refractivity contribution in [2.24, 2.45) is 11.7 Å². The number of carbonyl (C=O) groups excluding carboxylic acids is 1. The standard InChI is InChI=1S/C13H16BrClN2O/c14-11-7-9(15)4-5-12(11)17-13(18)8-2-1-3-10(16)6-8/h4-5,7-8,10H,1-3,6,16H2,(H,17,18). The molecule has 2 unspecified atom stereocenters. The Balaban J connectivity index is 2.02. The highest BCUT2D eigenvalue weighted by molar-refractivity contribution is 9.10. The van der Waals surface area contributed by atoms with E-state index in [0.717, 1.165) is 35.8 Å². The summed E-state index contributed by atoms with van der Waals surface area (Å²) in [4.78, 5) is 12.1. The number of nitrogens with one attached hydrogen (secondary N) is 1. The lowest BCUT2D eigenvalue weighted by molar-refractivity contribution is -0.120. The SMILES string of the molecule is NC1CCCC(C(=O)Nc2ccc(Cl)cc2Br)C1. The highest BCUT2D eigenvalue weighted by Crippen LogP contribution is 2.28. The van der Waals surface area contributed by atoms with Gasteiger partial charge in [0.1, 0.15) is 0 Å². The Hall–Kier alpha value is -0.580. The molecule has 0 heterocycles. The van der Waals surface area contributed by atoms with Crippen LogP contribution in [0.4, 0.5) is 5.69 Å². The summed E-state index contributed by atoms with van der Waals surface area (Å²) in [5, 5.41) is 3.57. The summed E-state index contributed by atoms with van der Waals surface area (Å²) < 4.78 is 0.795. The van der Waals surface area contributed by atoms with E-state index in [2.05, 4.69) is 21.2 Å². The fourth-order valence-corrected chi connectivity index (χ4v) is 3.07. The first-order valence-corrected chi connectivity index (χ1v) is 7.25. The van der Waals surface area contributed by atoms with Gasteiger partial charge in [-0.1, -0.05) is 18.0 Å². The van der Waals surface area contributed by atoms with Crippen LogP contribution in [-0.4, -0.2) is 11.9 Å². The van der Waals surface area contributed by atoms with Crippen LogP contribution in [0.2, 0.25) is 5.02 Å². The highest BCUT2D eigenvalue weighted by Gasteiger charge is 2.25. The molecule has 0 bridgehead atoms.